The molecule has 0 aromatic rings. The van der Waals surface area contributed by atoms with Gasteiger partial charge in [0.25, 0.3) is 10.1 Å². The molecule has 0 radical (unpaired) electrons. The molecule has 43 heavy (non-hydrogen) atoms. The second-order valence-electron chi connectivity index (χ2n) is 11.5. The largest absolute Gasteiger partial charge is 0.462 e. The van der Waals surface area contributed by atoms with Gasteiger partial charge in [0.1, 0.15) is 36.8 Å². The quantitative estimate of drug-likeness (QED) is 0.0643. The summed E-state index contributed by atoms with van der Waals surface area (Å²) in [6, 6.07) is 0. The Morgan fingerprint density at radius 1 is 0.698 bits per heavy atom. The molecule has 1 heterocycles. The first-order chi connectivity index (χ1) is 20.5. The van der Waals surface area contributed by atoms with E-state index in [4.69, 9.17) is 23.5 Å². The molecule has 6 atom stereocenters. The zero-order valence-corrected chi connectivity index (χ0v) is 26.9. The molecule has 0 aromatic carbocycles. The fourth-order valence-electron chi connectivity index (χ4n) is 4.85. The van der Waals surface area contributed by atoms with Gasteiger partial charge in [-0.25, -0.2) is 0 Å². The number of hydrogen-bond acceptors (Lipinski definition) is 11. The summed E-state index contributed by atoms with van der Waals surface area (Å²) in [7, 11) is -4.58. The van der Waals surface area contributed by atoms with Crippen LogP contribution in [-0.4, -0.2) is 96.0 Å². The molecular weight excluding hydrogens is 584 g/mol. The highest BCUT2D eigenvalue weighted by Crippen LogP contribution is 2.23. The van der Waals surface area contributed by atoms with Gasteiger partial charge in [-0.05, 0) is 12.8 Å². The predicted octanol–water partition coefficient (Wildman–Crippen LogP) is 3.82. The van der Waals surface area contributed by atoms with Crippen LogP contribution in [0.1, 0.15) is 123 Å². The van der Waals surface area contributed by atoms with Crippen LogP contribution in [0.5, 0.6) is 0 Å². The molecule has 0 aliphatic carbocycles. The molecule has 1 rings (SSSR count). The van der Waals surface area contributed by atoms with Crippen molar-refractivity contribution in [2.45, 2.75) is 160 Å². The Bertz CT molecular complexity index is 852. The van der Waals surface area contributed by atoms with Crippen molar-refractivity contribution in [3.63, 3.8) is 0 Å². The molecule has 254 valence electrons. The molecular formula is C30H56O12S. The molecule has 1 aliphatic rings. The van der Waals surface area contributed by atoms with Gasteiger partial charge >= 0.3 is 11.9 Å². The van der Waals surface area contributed by atoms with E-state index in [0.717, 1.165) is 44.9 Å². The maximum absolute atomic E-state index is 12.6. The fourth-order valence-corrected chi connectivity index (χ4v) is 5.54. The van der Waals surface area contributed by atoms with Gasteiger partial charge in [-0.3, -0.25) is 14.1 Å². The number of unbranched alkanes of at least 4 members (excludes halogenated alkanes) is 13. The smallest absolute Gasteiger partial charge is 0.306 e. The van der Waals surface area contributed by atoms with E-state index >= 15 is 0 Å². The molecule has 1 aliphatic heterocycles. The second-order valence-corrected chi connectivity index (χ2v) is 13.0. The Labute approximate surface area is 257 Å². The van der Waals surface area contributed by atoms with Gasteiger partial charge in [0.05, 0.1) is 6.61 Å². The van der Waals surface area contributed by atoms with Crippen molar-refractivity contribution in [1.82, 2.24) is 0 Å². The number of ether oxygens (including phenoxy) is 4. The third-order valence-electron chi connectivity index (χ3n) is 7.44. The van der Waals surface area contributed by atoms with Gasteiger partial charge in [0.2, 0.25) is 0 Å². The molecule has 0 bridgehead atoms. The van der Waals surface area contributed by atoms with Crippen molar-refractivity contribution in [2.24, 2.45) is 0 Å². The normalized spacial score (nSPS) is 23.2. The zero-order valence-electron chi connectivity index (χ0n) is 26.1. The minimum absolute atomic E-state index is 0.169. The van der Waals surface area contributed by atoms with E-state index in [2.05, 4.69) is 13.8 Å². The lowest BCUT2D eigenvalue weighted by molar-refractivity contribution is -0.297. The van der Waals surface area contributed by atoms with Crippen LogP contribution in [0.3, 0.4) is 0 Å². The van der Waals surface area contributed by atoms with Crippen LogP contribution < -0.4 is 0 Å². The number of carbonyl (C=O) groups is 2. The maximum atomic E-state index is 12.6. The van der Waals surface area contributed by atoms with Crippen molar-refractivity contribution in [2.75, 3.05) is 19.0 Å². The van der Waals surface area contributed by atoms with Crippen LogP contribution in [-0.2, 0) is 38.7 Å². The van der Waals surface area contributed by atoms with Crippen molar-refractivity contribution < 1.29 is 56.8 Å². The summed E-state index contributed by atoms with van der Waals surface area (Å²) in [5, 5.41) is 30.5. The van der Waals surface area contributed by atoms with E-state index in [-0.39, 0.29) is 19.4 Å². The number of esters is 2. The number of rotatable bonds is 25. The minimum Gasteiger partial charge on any atom is -0.462 e. The number of aliphatic hydroxyl groups excluding tert-OH is 3. The fraction of sp³-hybridized carbons (Fsp3) is 0.933. The molecule has 0 aromatic heterocycles. The highest BCUT2D eigenvalue weighted by Gasteiger charge is 2.46. The molecule has 0 amide bonds. The number of hydrogen-bond donors (Lipinski definition) is 4. The molecule has 12 nitrogen and oxygen atoms in total. The van der Waals surface area contributed by atoms with Crippen LogP contribution in [0.4, 0.5) is 0 Å². The minimum atomic E-state index is -4.58. The lowest BCUT2D eigenvalue weighted by Gasteiger charge is -2.40. The van der Waals surface area contributed by atoms with Crippen molar-refractivity contribution >= 4 is 22.1 Å². The van der Waals surface area contributed by atoms with Gasteiger partial charge in [-0.1, -0.05) is 97.3 Å². The van der Waals surface area contributed by atoms with E-state index in [9.17, 15) is 33.3 Å². The average Bonchev–Trinajstić information content (AvgIpc) is 2.95. The lowest BCUT2D eigenvalue weighted by Crippen LogP contribution is -2.60. The molecule has 0 unspecified atom stereocenters. The molecule has 1 fully saturated rings. The molecule has 0 spiro atoms. The Morgan fingerprint density at radius 2 is 1.19 bits per heavy atom. The zero-order chi connectivity index (χ0) is 32.1. The Balaban J connectivity index is 2.60. The standard InChI is InChI=1S/C30H56O12S/c1-3-5-7-9-10-11-12-13-15-17-19-26(32)41-23(20-39-25(31)18-16-14-8-6-4-2)21-40-30-29(35)28(34)27(33)24(42-30)22-43(36,37)38/h23-24,27-30,33-35H,3-22H2,1-2H3,(H,36,37,38)/t23-,24-,27-,28+,29-,30-/m1/s1. The van der Waals surface area contributed by atoms with Gasteiger partial charge in [-0.15, -0.1) is 0 Å². The van der Waals surface area contributed by atoms with Crippen molar-refractivity contribution in [3.8, 4) is 0 Å². The topological polar surface area (TPSA) is 186 Å². The van der Waals surface area contributed by atoms with Crippen LogP contribution >= 0.6 is 0 Å². The SMILES string of the molecule is CCCCCCCCCCCCC(=O)O[C@H](COC(=O)CCCCCCC)CO[C@@H]1O[C@H](CS(=O)(=O)O)[C@@H](O)[C@H](O)[C@H]1O. The van der Waals surface area contributed by atoms with Crippen LogP contribution in [0, 0.1) is 0 Å². The highest BCUT2D eigenvalue weighted by atomic mass is 32.2. The molecule has 13 heteroatoms. The van der Waals surface area contributed by atoms with E-state index in [1.165, 1.54) is 38.5 Å². The summed E-state index contributed by atoms with van der Waals surface area (Å²) in [6.07, 6.45) is 6.67. The van der Waals surface area contributed by atoms with E-state index in [1.54, 1.807) is 0 Å². The highest BCUT2D eigenvalue weighted by molar-refractivity contribution is 7.85. The Morgan fingerprint density at radius 3 is 1.70 bits per heavy atom. The van der Waals surface area contributed by atoms with Gasteiger partial charge in [0.15, 0.2) is 12.4 Å². The number of carbonyl (C=O) groups excluding carboxylic acids is 2. The predicted molar refractivity (Wildman–Crippen MR) is 160 cm³/mol. The first-order valence-electron chi connectivity index (χ1n) is 16.1. The summed E-state index contributed by atoms with van der Waals surface area (Å²) in [5.41, 5.74) is 0. The van der Waals surface area contributed by atoms with Crippen LogP contribution in [0.15, 0.2) is 0 Å². The van der Waals surface area contributed by atoms with Crippen LogP contribution in [0.2, 0.25) is 0 Å². The first kappa shape index (κ1) is 39.7. The van der Waals surface area contributed by atoms with E-state index < -0.39 is 71.2 Å². The summed E-state index contributed by atoms with van der Waals surface area (Å²) < 4.78 is 53.3. The van der Waals surface area contributed by atoms with E-state index in [1.807, 2.05) is 0 Å². The summed E-state index contributed by atoms with van der Waals surface area (Å²) in [4.78, 5) is 24.8. The average molecular weight is 641 g/mol. The molecule has 1 saturated heterocycles. The monoisotopic (exact) mass is 640 g/mol. The maximum Gasteiger partial charge on any atom is 0.306 e. The Kier molecular flexibility index (Phi) is 21.3. The summed E-state index contributed by atoms with van der Waals surface area (Å²) in [6.45, 7) is 3.58. The summed E-state index contributed by atoms with van der Waals surface area (Å²) in [5.74, 6) is -1.99. The number of aliphatic hydroxyl groups is 3. The van der Waals surface area contributed by atoms with Crippen molar-refractivity contribution in [3.05, 3.63) is 0 Å². The molecule has 4 N–H and O–H groups in total. The van der Waals surface area contributed by atoms with Gasteiger partial charge < -0.3 is 34.3 Å². The Hall–Kier alpha value is -1.35. The van der Waals surface area contributed by atoms with E-state index in [0.29, 0.717) is 12.8 Å². The summed E-state index contributed by atoms with van der Waals surface area (Å²) >= 11 is 0. The van der Waals surface area contributed by atoms with Crippen molar-refractivity contribution in [1.29, 1.82) is 0 Å². The third kappa shape index (κ3) is 18.9. The lowest BCUT2D eigenvalue weighted by atomic mass is 10.00. The first-order valence-corrected chi connectivity index (χ1v) is 17.7. The van der Waals surface area contributed by atoms with Gasteiger partial charge in [0, 0.05) is 12.8 Å². The third-order valence-corrected chi connectivity index (χ3v) is 8.19. The van der Waals surface area contributed by atoms with Gasteiger partial charge in [-0.2, -0.15) is 8.42 Å². The second kappa shape index (κ2) is 23.1. The molecule has 0 saturated carbocycles. The van der Waals surface area contributed by atoms with Crippen LogP contribution in [0.25, 0.3) is 0 Å².